The molecule has 0 heterocycles. The smallest absolute Gasteiger partial charge is 0.264 e. The molecule has 0 aromatic heterocycles. The predicted molar refractivity (Wildman–Crippen MR) is 187 cm³/mol. The molecule has 248 valence electrons. The van der Waals surface area contributed by atoms with E-state index >= 15 is 0 Å². The van der Waals surface area contributed by atoms with Crippen LogP contribution in [-0.2, 0) is 32.6 Å². The molecule has 10 heteroatoms. The summed E-state index contributed by atoms with van der Waals surface area (Å²) in [6.07, 6.45) is 0.922. The van der Waals surface area contributed by atoms with Gasteiger partial charge in [-0.05, 0) is 80.3 Å². The van der Waals surface area contributed by atoms with E-state index in [9.17, 15) is 18.0 Å². The summed E-state index contributed by atoms with van der Waals surface area (Å²) in [6, 6.07) is 27.0. The second-order valence-corrected chi connectivity index (χ2v) is 14.0. The number of methoxy groups -OCH3 is 1. The number of halogens is 1. The monoisotopic (exact) mass is 675 g/mol. The second kappa shape index (κ2) is 16.0. The fraction of sp³-hybridized carbons (Fsp3) is 0.297. The number of ether oxygens (including phenoxy) is 1. The molecule has 0 aliphatic rings. The van der Waals surface area contributed by atoms with Crippen molar-refractivity contribution in [2.75, 3.05) is 18.0 Å². The highest BCUT2D eigenvalue weighted by Gasteiger charge is 2.36. The second-order valence-electron chi connectivity index (χ2n) is 11.7. The summed E-state index contributed by atoms with van der Waals surface area (Å²) in [5.41, 5.74) is 3.49. The minimum atomic E-state index is -4.27. The first-order valence-corrected chi connectivity index (χ1v) is 17.4. The average Bonchev–Trinajstić information content (AvgIpc) is 3.06. The van der Waals surface area contributed by atoms with Crippen molar-refractivity contribution in [3.8, 4) is 5.75 Å². The minimum absolute atomic E-state index is 0.0269. The topological polar surface area (TPSA) is 96.0 Å². The van der Waals surface area contributed by atoms with Crippen molar-refractivity contribution in [2.24, 2.45) is 0 Å². The maximum absolute atomic E-state index is 14.7. The van der Waals surface area contributed by atoms with Crippen molar-refractivity contribution in [2.45, 2.75) is 64.1 Å². The first kappa shape index (κ1) is 35.5. The summed E-state index contributed by atoms with van der Waals surface area (Å²) in [6.45, 7) is 7.05. The SMILES string of the molecule is CC[C@@H](C)NC(=O)[C@@H](Cc1ccccc1)N(Cc1ccc(Cl)cc1)C(=O)CN(c1cc(C)ccc1OC)S(=O)(=O)c1ccc(C)cc1. The van der Waals surface area contributed by atoms with Gasteiger partial charge in [-0.2, -0.15) is 0 Å². The number of hydrogen-bond acceptors (Lipinski definition) is 5. The van der Waals surface area contributed by atoms with E-state index in [1.54, 1.807) is 48.5 Å². The standard InChI is InChI=1S/C37H42ClN3O5S/c1-6-28(4)39-37(43)34(23-29-10-8-7-9-11-29)40(24-30-15-17-31(38)18-16-30)36(42)25-41(33-22-27(3)14-21-35(33)46-5)47(44,45)32-19-12-26(2)13-20-32/h7-22,28,34H,6,23-25H2,1-5H3,(H,39,43)/t28-,34-/m1/s1. The lowest BCUT2D eigenvalue weighted by Gasteiger charge is -2.34. The van der Waals surface area contributed by atoms with Gasteiger partial charge in [0.05, 0.1) is 17.7 Å². The average molecular weight is 676 g/mol. The van der Waals surface area contributed by atoms with Gasteiger partial charge in [-0.25, -0.2) is 8.42 Å². The highest BCUT2D eigenvalue weighted by atomic mass is 35.5. The lowest BCUT2D eigenvalue weighted by molar-refractivity contribution is -0.140. The Morgan fingerprint density at radius 1 is 0.872 bits per heavy atom. The van der Waals surface area contributed by atoms with Gasteiger partial charge in [0.1, 0.15) is 18.3 Å². The normalized spacial score (nSPS) is 12.6. The Hall–Kier alpha value is -4.34. The summed E-state index contributed by atoms with van der Waals surface area (Å²) in [5.74, 6) is -0.593. The van der Waals surface area contributed by atoms with Crippen LogP contribution in [0.2, 0.25) is 5.02 Å². The fourth-order valence-corrected chi connectivity index (χ4v) is 6.67. The fourth-order valence-electron chi connectivity index (χ4n) is 5.13. The summed E-state index contributed by atoms with van der Waals surface area (Å²) in [5, 5.41) is 3.58. The number of nitrogens with zero attached hydrogens (tertiary/aromatic N) is 2. The van der Waals surface area contributed by atoms with Gasteiger partial charge < -0.3 is 15.0 Å². The zero-order valence-electron chi connectivity index (χ0n) is 27.4. The molecule has 0 saturated heterocycles. The van der Waals surface area contributed by atoms with Crippen molar-refractivity contribution >= 4 is 39.1 Å². The van der Waals surface area contributed by atoms with E-state index in [-0.39, 0.29) is 35.5 Å². The van der Waals surface area contributed by atoms with E-state index < -0.39 is 28.5 Å². The quantitative estimate of drug-likeness (QED) is 0.160. The van der Waals surface area contributed by atoms with Crippen LogP contribution in [0.4, 0.5) is 5.69 Å². The number of hydrogen-bond donors (Lipinski definition) is 1. The lowest BCUT2D eigenvalue weighted by atomic mass is 10.0. The molecule has 0 saturated carbocycles. The van der Waals surface area contributed by atoms with Crippen LogP contribution in [0.25, 0.3) is 0 Å². The predicted octanol–water partition coefficient (Wildman–Crippen LogP) is 6.72. The molecular formula is C37H42ClN3O5S. The number of amides is 2. The molecule has 0 fully saturated rings. The number of rotatable bonds is 14. The van der Waals surface area contributed by atoms with Crippen molar-refractivity contribution in [1.82, 2.24) is 10.2 Å². The van der Waals surface area contributed by atoms with Gasteiger partial charge in [-0.15, -0.1) is 0 Å². The van der Waals surface area contributed by atoms with Crippen molar-refractivity contribution < 1.29 is 22.7 Å². The number of carbonyl (C=O) groups excluding carboxylic acids is 2. The first-order chi connectivity index (χ1) is 22.4. The van der Waals surface area contributed by atoms with E-state index in [4.69, 9.17) is 16.3 Å². The molecule has 0 aliphatic heterocycles. The van der Waals surface area contributed by atoms with Crippen LogP contribution < -0.4 is 14.4 Å². The van der Waals surface area contributed by atoms with Crippen LogP contribution in [0, 0.1) is 13.8 Å². The van der Waals surface area contributed by atoms with Gasteiger partial charge in [0, 0.05) is 24.0 Å². The van der Waals surface area contributed by atoms with Gasteiger partial charge in [-0.3, -0.25) is 13.9 Å². The number of aryl methyl sites for hydroxylation is 2. The molecule has 0 radical (unpaired) electrons. The molecule has 0 aliphatic carbocycles. The Balaban J connectivity index is 1.85. The minimum Gasteiger partial charge on any atom is -0.495 e. The molecule has 47 heavy (non-hydrogen) atoms. The largest absolute Gasteiger partial charge is 0.495 e. The van der Waals surface area contributed by atoms with Gasteiger partial charge >= 0.3 is 0 Å². The Bertz CT molecular complexity index is 1760. The van der Waals surface area contributed by atoms with Gasteiger partial charge in [0.25, 0.3) is 10.0 Å². The maximum Gasteiger partial charge on any atom is 0.264 e. The van der Waals surface area contributed by atoms with E-state index in [0.717, 1.165) is 26.6 Å². The molecule has 2 amide bonds. The van der Waals surface area contributed by atoms with Crippen LogP contribution in [0.5, 0.6) is 5.75 Å². The Labute approximate surface area is 283 Å². The van der Waals surface area contributed by atoms with Crippen LogP contribution in [0.3, 0.4) is 0 Å². The molecule has 0 bridgehead atoms. The van der Waals surface area contributed by atoms with Gasteiger partial charge in [0.15, 0.2) is 0 Å². The summed E-state index contributed by atoms with van der Waals surface area (Å²) < 4.78 is 35.4. The Kier molecular flexibility index (Phi) is 12.1. The molecule has 1 N–H and O–H groups in total. The molecule has 0 spiro atoms. The van der Waals surface area contributed by atoms with Gasteiger partial charge in [-0.1, -0.05) is 84.8 Å². The third-order valence-corrected chi connectivity index (χ3v) is 10.1. The van der Waals surface area contributed by atoms with E-state index in [2.05, 4.69) is 5.32 Å². The zero-order valence-corrected chi connectivity index (χ0v) is 29.0. The highest BCUT2D eigenvalue weighted by molar-refractivity contribution is 7.92. The number of sulfonamides is 1. The number of anilines is 1. The van der Waals surface area contributed by atoms with E-state index in [1.807, 2.05) is 64.1 Å². The summed E-state index contributed by atoms with van der Waals surface area (Å²) in [4.78, 5) is 30.2. The maximum atomic E-state index is 14.7. The number of benzene rings is 4. The molecule has 4 aromatic rings. The highest BCUT2D eigenvalue weighted by Crippen LogP contribution is 2.34. The number of carbonyl (C=O) groups is 2. The molecule has 2 atom stereocenters. The van der Waals surface area contributed by atoms with Crippen LogP contribution in [0.15, 0.2) is 102 Å². The van der Waals surface area contributed by atoms with E-state index in [0.29, 0.717) is 17.2 Å². The Morgan fingerprint density at radius 2 is 1.51 bits per heavy atom. The first-order valence-electron chi connectivity index (χ1n) is 15.5. The molecule has 4 rings (SSSR count). The molecular weight excluding hydrogens is 634 g/mol. The lowest BCUT2D eigenvalue weighted by Crippen LogP contribution is -2.54. The third kappa shape index (κ3) is 9.14. The summed E-state index contributed by atoms with van der Waals surface area (Å²) >= 11 is 6.17. The van der Waals surface area contributed by atoms with Crippen molar-refractivity contribution in [1.29, 1.82) is 0 Å². The van der Waals surface area contributed by atoms with Crippen LogP contribution in [0.1, 0.15) is 42.5 Å². The molecule has 8 nitrogen and oxygen atoms in total. The van der Waals surface area contributed by atoms with Crippen molar-refractivity contribution in [3.63, 3.8) is 0 Å². The van der Waals surface area contributed by atoms with Crippen LogP contribution in [-0.4, -0.2) is 50.9 Å². The van der Waals surface area contributed by atoms with Crippen LogP contribution >= 0.6 is 11.6 Å². The summed E-state index contributed by atoms with van der Waals surface area (Å²) in [7, 11) is -2.81. The molecule has 4 aromatic carbocycles. The van der Waals surface area contributed by atoms with E-state index in [1.165, 1.54) is 24.1 Å². The third-order valence-electron chi connectivity index (χ3n) is 8.03. The van der Waals surface area contributed by atoms with Crippen molar-refractivity contribution in [3.05, 3.63) is 124 Å². The molecule has 0 unspecified atom stereocenters. The number of nitrogens with one attached hydrogen (secondary N) is 1. The van der Waals surface area contributed by atoms with Gasteiger partial charge in [0.2, 0.25) is 11.8 Å². The zero-order chi connectivity index (χ0) is 34.1. The Morgan fingerprint density at radius 3 is 2.13 bits per heavy atom.